The highest BCUT2D eigenvalue weighted by atomic mass is 16.2. The third-order valence-electron chi connectivity index (χ3n) is 0.283. The molecular formula is C5H6O. The van der Waals surface area contributed by atoms with Gasteiger partial charge in [-0.1, -0.05) is 18.4 Å². The van der Waals surface area contributed by atoms with E-state index in [0.29, 0.717) is 0 Å². The van der Waals surface area contributed by atoms with E-state index in [9.17, 15) is 0 Å². The SMILES string of the molecule is C=CC#CCO. The van der Waals surface area contributed by atoms with Crippen LogP contribution in [-0.4, -0.2) is 11.7 Å². The predicted octanol–water partition coefficient (Wildman–Crippen LogP) is 0.168. The number of aliphatic hydroxyl groups excluding tert-OH is 1. The molecule has 0 aromatic rings. The Morgan fingerprint density at radius 1 is 1.83 bits per heavy atom. The summed E-state index contributed by atoms with van der Waals surface area (Å²) in [5.41, 5.74) is 0. The molecule has 0 fully saturated rings. The molecule has 0 atom stereocenters. The second kappa shape index (κ2) is 4.26. The van der Waals surface area contributed by atoms with Crippen molar-refractivity contribution in [1.29, 1.82) is 0 Å². The summed E-state index contributed by atoms with van der Waals surface area (Å²) in [6.07, 6.45) is 1.44. The van der Waals surface area contributed by atoms with Crippen LogP contribution < -0.4 is 0 Å². The van der Waals surface area contributed by atoms with Gasteiger partial charge < -0.3 is 5.11 Å². The number of hydrogen-bond donors (Lipinski definition) is 1. The van der Waals surface area contributed by atoms with Crippen LogP contribution in [0.5, 0.6) is 0 Å². The van der Waals surface area contributed by atoms with E-state index in [1.54, 1.807) is 0 Å². The molecule has 0 heterocycles. The molecule has 0 radical (unpaired) electrons. The summed E-state index contributed by atoms with van der Waals surface area (Å²) in [7, 11) is 0. The third-order valence-corrected chi connectivity index (χ3v) is 0.283. The normalized spacial score (nSPS) is 5.50. The van der Waals surface area contributed by atoms with Crippen molar-refractivity contribution in [2.24, 2.45) is 0 Å². The molecule has 0 amide bonds. The lowest BCUT2D eigenvalue weighted by atomic mass is 10.6. The highest BCUT2D eigenvalue weighted by molar-refractivity contribution is 5.11. The summed E-state index contributed by atoms with van der Waals surface area (Å²) < 4.78 is 0. The zero-order valence-electron chi connectivity index (χ0n) is 3.44. The van der Waals surface area contributed by atoms with Gasteiger partial charge in [-0.15, -0.1) is 0 Å². The molecular weight excluding hydrogens is 76.1 g/mol. The summed E-state index contributed by atoms with van der Waals surface area (Å²) in [5, 5.41) is 7.98. The van der Waals surface area contributed by atoms with E-state index in [0.717, 1.165) is 0 Å². The molecule has 0 aliphatic heterocycles. The van der Waals surface area contributed by atoms with E-state index in [1.165, 1.54) is 6.08 Å². The van der Waals surface area contributed by atoms with Gasteiger partial charge in [0.05, 0.1) is 0 Å². The molecule has 1 nitrogen and oxygen atoms in total. The second-order valence-electron chi connectivity index (χ2n) is 0.683. The number of allylic oxidation sites excluding steroid dienone is 1. The Hall–Kier alpha value is -0.740. The molecule has 1 N–H and O–H groups in total. The van der Waals surface area contributed by atoms with Crippen LogP contribution in [0.4, 0.5) is 0 Å². The van der Waals surface area contributed by atoms with Crippen molar-refractivity contribution >= 4 is 0 Å². The highest BCUT2D eigenvalue weighted by Crippen LogP contribution is 1.52. The van der Waals surface area contributed by atoms with Crippen LogP contribution in [0.2, 0.25) is 0 Å². The first kappa shape index (κ1) is 5.26. The van der Waals surface area contributed by atoms with Crippen LogP contribution in [0.15, 0.2) is 12.7 Å². The summed E-state index contributed by atoms with van der Waals surface area (Å²) in [6, 6.07) is 0. The predicted molar refractivity (Wildman–Crippen MR) is 25.1 cm³/mol. The van der Waals surface area contributed by atoms with Crippen molar-refractivity contribution in [2.75, 3.05) is 6.61 Å². The lowest BCUT2D eigenvalue weighted by molar-refractivity contribution is 0.350. The van der Waals surface area contributed by atoms with Crippen molar-refractivity contribution in [3.05, 3.63) is 12.7 Å². The minimum atomic E-state index is -0.0774. The Labute approximate surface area is 37.3 Å². The maximum absolute atomic E-state index is 7.98. The number of hydrogen-bond acceptors (Lipinski definition) is 1. The first-order valence-electron chi connectivity index (χ1n) is 1.62. The van der Waals surface area contributed by atoms with Gasteiger partial charge in [-0.3, -0.25) is 0 Å². The van der Waals surface area contributed by atoms with Gasteiger partial charge in [-0.05, 0) is 6.08 Å². The van der Waals surface area contributed by atoms with Crippen LogP contribution in [0, 0.1) is 11.8 Å². The van der Waals surface area contributed by atoms with Gasteiger partial charge in [0.15, 0.2) is 0 Å². The highest BCUT2D eigenvalue weighted by Gasteiger charge is 1.51. The Morgan fingerprint density at radius 3 is 2.67 bits per heavy atom. The molecule has 0 aliphatic rings. The van der Waals surface area contributed by atoms with E-state index in [4.69, 9.17) is 5.11 Å². The van der Waals surface area contributed by atoms with Crippen LogP contribution >= 0.6 is 0 Å². The van der Waals surface area contributed by atoms with Crippen LogP contribution in [0.25, 0.3) is 0 Å². The van der Waals surface area contributed by atoms with E-state index < -0.39 is 0 Å². The van der Waals surface area contributed by atoms with Gasteiger partial charge in [0.1, 0.15) is 6.61 Å². The standard InChI is InChI=1S/C5H6O/c1-2-3-4-5-6/h2,6H,1,5H2. The van der Waals surface area contributed by atoms with E-state index in [-0.39, 0.29) is 6.61 Å². The monoisotopic (exact) mass is 82.0 g/mol. The van der Waals surface area contributed by atoms with Gasteiger partial charge in [-0.25, -0.2) is 0 Å². The van der Waals surface area contributed by atoms with E-state index in [1.807, 2.05) is 0 Å². The molecule has 6 heavy (non-hydrogen) atoms. The number of aliphatic hydroxyl groups is 1. The van der Waals surface area contributed by atoms with Crippen molar-refractivity contribution in [1.82, 2.24) is 0 Å². The molecule has 0 unspecified atom stereocenters. The Balaban J connectivity index is 3.13. The smallest absolute Gasteiger partial charge is 0.104 e. The topological polar surface area (TPSA) is 20.2 Å². The molecule has 0 aromatic heterocycles. The molecule has 1 heteroatoms. The summed E-state index contributed by atoms with van der Waals surface area (Å²) in [4.78, 5) is 0. The Bertz CT molecular complexity index is 83.8. The molecule has 0 spiro atoms. The summed E-state index contributed by atoms with van der Waals surface area (Å²) in [5.74, 6) is 4.85. The second-order valence-corrected chi connectivity index (χ2v) is 0.683. The van der Waals surface area contributed by atoms with Crippen molar-refractivity contribution in [3.63, 3.8) is 0 Å². The minimum Gasteiger partial charge on any atom is -0.384 e. The molecule has 32 valence electrons. The first-order valence-corrected chi connectivity index (χ1v) is 1.62. The van der Waals surface area contributed by atoms with Gasteiger partial charge >= 0.3 is 0 Å². The molecule has 0 saturated heterocycles. The number of rotatable bonds is 0. The van der Waals surface area contributed by atoms with Gasteiger partial charge in [0, 0.05) is 0 Å². The van der Waals surface area contributed by atoms with Gasteiger partial charge in [0.2, 0.25) is 0 Å². The lowest BCUT2D eigenvalue weighted by Crippen LogP contribution is -1.67. The van der Waals surface area contributed by atoms with Crippen molar-refractivity contribution in [3.8, 4) is 11.8 Å². The Kier molecular flexibility index (Phi) is 3.73. The maximum Gasteiger partial charge on any atom is 0.104 e. The minimum absolute atomic E-state index is 0.0774. The molecule has 0 rings (SSSR count). The van der Waals surface area contributed by atoms with Gasteiger partial charge in [-0.2, -0.15) is 0 Å². The summed E-state index contributed by atoms with van der Waals surface area (Å²) >= 11 is 0. The summed E-state index contributed by atoms with van der Waals surface area (Å²) in [6.45, 7) is 3.24. The first-order chi connectivity index (χ1) is 2.91. The largest absolute Gasteiger partial charge is 0.384 e. The lowest BCUT2D eigenvalue weighted by Gasteiger charge is -1.61. The zero-order chi connectivity index (χ0) is 4.83. The third kappa shape index (κ3) is 3.26. The maximum atomic E-state index is 7.98. The molecule has 0 aromatic carbocycles. The van der Waals surface area contributed by atoms with Crippen LogP contribution in [-0.2, 0) is 0 Å². The fourth-order valence-corrected chi connectivity index (χ4v) is 0.118. The van der Waals surface area contributed by atoms with E-state index >= 15 is 0 Å². The fraction of sp³-hybridized carbons (Fsp3) is 0.200. The quantitative estimate of drug-likeness (QED) is 0.413. The van der Waals surface area contributed by atoms with Crippen LogP contribution in [0.3, 0.4) is 0 Å². The van der Waals surface area contributed by atoms with Gasteiger partial charge in [0.25, 0.3) is 0 Å². The van der Waals surface area contributed by atoms with Crippen molar-refractivity contribution < 1.29 is 5.11 Å². The molecule has 0 saturated carbocycles. The molecule has 0 aliphatic carbocycles. The average Bonchev–Trinajstić information content (AvgIpc) is 1.61. The Morgan fingerprint density at radius 2 is 2.50 bits per heavy atom. The van der Waals surface area contributed by atoms with E-state index in [2.05, 4.69) is 18.4 Å². The van der Waals surface area contributed by atoms with Crippen molar-refractivity contribution in [2.45, 2.75) is 0 Å². The average molecular weight is 82.1 g/mol. The zero-order valence-corrected chi connectivity index (χ0v) is 3.44. The fourth-order valence-electron chi connectivity index (χ4n) is 0.118. The molecule has 0 bridgehead atoms. The van der Waals surface area contributed by atoms with Crippen LogP contribution in [0.1, 0.15) is 0 Å².